The molecule has 9 nitrogen and oxygen atoms in total. The molecule has 33 heavy (non-hydrogen) atoms. The number of nitrogens with zero attached hydrogens (tertiary/aromatic N) is 6. The van der Waals surface area contributed by atoms with E-state index in [0.29, 0.717) is 36.5 Å². The summed E-state index contributed by atoms with van der Waals surface area (Å²) in [4.78, 5) is 16.9. The number of aryl methyl sites for hydroxylation is 1. The smallest absolute Gasteiger partial charge is 0.222 e. The first-order valence-electron chi connectivity index (χ1n) is 11.8. The molecule has 0 saturated carbocycles. The van der Waals surface area contributed by atoms with Crippen LogP contribution in [-0.2, 0) is 24.3 Å². The van der Waals surface area contributed by atoms with Crippen LogP contribution in [-0.4, -0.2) is 70.4 Å². The Balaban J connectivity index is 1.18. The van der Waals surface area contributed by atoms with Crippen molar-refractivity contribution in [1.29, 1.82) is 5.26 Å². The zero-order valence-electron chi connectivity index (χ0n) is 19.3. The molecule has 1 aromatic carbocycles. The number of fused-ring (bicyclic) bond motifs is 1. The van der Waals surface area contributed by atoms with Crippen LogP contribution in [0.4, 0.5) is 0 Å². The van der Waals surface area contributed by atoms with E-state index in [9.17, 15) is 4.79 Å². The molecule has 1 aromatic heterocycles. The van der Waals surface area contributed by atoms with E-state index >= 15 is 0 Å². The molecule has 3 heterocycles. The largest absolute Gasteiger partial charge is 0.493 e. The number of nitriles is 1. The van der Waals surface area contributed by atoms with E-state index in [1.807, 2.05) is 4.90 Å². The van der Waals surface area contributed by atoms with E-state index in [-0.39, 0.29) is 5.91 Å². The summed E-state index contributed by atoms with van der Waals surface area (Å²) in [7, 11) is 1.55. The highest BCUT2D eigenvalue weighted by Crippen LogP contribution is 2.28. The second-order valence-corrected chi connectivity index (χ2v) is 8.58. The Morgan fingerprint density at radius 3 is 2.73 bits per heavy atom. The van der Waals surface area contributed by atoms with Crippen LogP contribution in [0.3, 0.4) is 0 Å². The first-order chi connectivity index (χ1) is 16.2. The number of carbonyl (C=O) groups excluding carboxylic acids is 1. The standard InChI is InChI=1S/C24H32N6O3/c1-32-21-16-19(17-25)8-9-20(21)33-15-5-7-24(31)29-13-11-28(12-14-29)18-23-27-26-22-6-3-2-4-10-30(22)23/h8-9,16H,2-7,10-15,18H2,1H3. The molecule has 176 valence electrons. The van der Waals surface area contributed by atoms with Gasteiger partial charge in [-0.25, -0.2) is 0 Å². The molecule has 0 spiro atoms. The third kappa shape index (κ3) is 5.82. The van der Waals surface area contributed by atoms with Gasteiger partial charge in [0.05, 0.1) is 31.9 Å². The number of rotatable bonds is 8. The van der Waals surface area contributed by atoms with Gasteiger partial charge in [-0.1, -0.05) is 6.42 Å². The highest BCUT2D eigenvalue weighted by atomic mass is 16.5. The summed E-state index contributed by atoms with van der Waals surface area (Å²) in [6.45, 7) is 5.43. The number of amides is 1. The lowest BCUT2D eigenvalue weighted by Crippen LogP contribution is -2.48. The van der Waals surface area contributed by atoms with Crippen LogP contribution in [0.25, 0.3) is 0 Å². The van der Waals surface area contributed by atoms with Gasteiger partial charge in [-0.2, -0.15) is 5.26 Å². The van der Waals surface area contributed by atoms with Crippen LogP contribution < -0.4 is 9.47 Å². The lowest BCUT2D eigenvalue weighted by Gasteiger charge is -2.34. The van der Waals surface area contributed by atoms with E-state index in [4.69, 9.17) is 14.7 Å². The van der Waals surface area contributed by atoms with Crippen LogP contribution >= 0.6 is 0 Å². The second-order valence-electron chi connectivity index (χ2n) is 8.58. The number of ether oxygens (including phenoxy) is 2. The molecule has 2 aliphatic heterocycles. The van der Waals surface area contributed by atoms with E-state index in [2.05, 4.69) is 25.7 Å². The maximum absolute atomic E-state index is 12.6. The molecule has 9 heteroatoms. The molecular weight excluding hydrogens is 420 g/mol. The first-order valence-corrected chi connectivity index (χ1v) is 11.8. The molecule has 0 N–H and O–H groups in total. The lowest BCUT2D eigenvalue weighted by molar-refractivity contribution is -0.133. The van der Waals surface area contributed by atoms with E-state index < -0.39 is 0 Å². The predicted molar refractivity (Wildman–Crippen MR) is 122 cm³/mol. The Morgan fingerprint density at radius 2 is 1.94 bits per heavy atom. The van der Waals surface area contributed by atoms with Crippen LogP contribution in [0, 0.1) is 11.3 Å². The van der Waals surface area contributed by atoms with Gasteiger partial charge >= 0.3 is 0 Å². The monoisotopic (exact) mass is 452 g/mol. The molecule has 0 bridgehead atoms. The van der Waals surface area contributed by atoms with Crippen molar-refractivity contribution in [1.82, 2.24) is 24.6 Å². The number of benzene rings is 1. The summed E-state index contributed by atoms with van der Waals surface area (Å²) in [5.41, 5.74) is 0.521. The van der Waals surface area contributed by atoms with Gasteiger partial charge in [0, 0.05) is 51.6 Å². The van der Waals surface area contributed by atoms with Gasteiger partial charge in [0.15, 0.2) is 11.5 Å². The topological polar surface area (TPSA) is 96.5 Å². The van der Waals surface area contributed by atoms with Crippen LogP contribution in [0.15, 0.2) is 18.2 Å². The molecule has 1 fully saturated rings. The molecule has 0 unspecified atom stereocenters. The van der Waals surface area contributed by atoms with Crippen molar-refractivity contribution in [2.75, 3.05) is 39.9 Å². The third-order valence-electron chi connectivity index (χ3n) is 6.36. The summed E-state index contributed by atoms with van der Waals surface area (Å²) in [5, 5.41) is 17.8. The minimum atomic E-state index is 0.168. The Morgan fingerprint density at radius 1 is 1.09 bits per heavy atom. The van der Waals surface area contributed by atoms with Gasteiger partial charge in [-0.3, -0.25) is 9.69 Å². The predicted octanol–water partition coefficient (Wildman–Crippen LogP) is 2.39. The zero-order chi connectivity index (χ0) is 23.0. The van der Waals surface area contributed by atoms with Crippen molar-refractivity contribution in [3.63, 3.8) is 0 Å². The quantitative estimate of drug-likeness (QED) is 0.567. The van der Waals surface area contributed by atoms with Crippen molar-refractivity contribution >= 4 is 5.91 Å². The van der Waals surface area contributed by atoms with Crippen molar-refractivity contribution in [3.05, 3.63) is 35.4 Å². The SMILES string of the molecule is COc1cc(C#N)ccc1OCCCC(=O)N1CCN(Cc2nnc3n2CCCCC3)CC1. The minimum absolute atomic E-state index is 0.168. The molecule has 0 atom stereocenters. The fourth-order valence-electron chi connectivity index (χ4n) is 4.44. The first kappa shape index (κ1) is 23.1. The fourth-order valence-corrected chi connectivity index (χ4v) is 4.44. The number of methoxy groups -OCH3 is 1. The van der Waals surface area contributed by atoms with Crippen molar-refractivity contribution in [2.45, 2.75) is 51.6 Å². The van der Waals surface area contributed by atoms with E-state index in [1.165, 1.54) is 19.3 Å². The molecule has 0 aliphatic carbocycles. The van der Waals surface area contributed by atoms with Gasteiger partial charge in [-0.15, -0.1) is 10.2 Å². The lowest BCUT2D eigenvalue weighted by atomic mass is 10.2. The summed E-state index contributed by atoms with van der Waals surface area (Å²) >= 11 is 0. The van der Waals surface area contributed by atoms with Crippen molar-refractivity contribution in [3.8, 4) is 17.6 Å². The summed E-state index contributed by atoms with van der Waals surface area (Å²) in [6.07, 6.45) is 5.77. The molecule has 0 radical (unpaired) electrons. The Hall–Kier alpha value is -3.12. The van der Waals surface area contributed by atoms with Gasteiger partial charge in [0.25, 0.3) is 0 Å². The van der Waals surface area contributed by atoms with Crippen LogP contribution in [0.2, 0.25) is 0 Å². The Labute approximate surface area is 194 Å². The summed E-state index contributed by atoms with van der Waals surface area (Å²) in [6, 6.07) is 7.15. The average Bonchev–Trinajstić information content (AvgIpc) is 3.07. The average molecular weight is 453 g/mol. The van der Waals surface area contributed by atoms with Gasteiger partial charge in [0.1, 0.15) is 11.6 Å². The maximum atomic E-state index is 12.6. The number of hydrogen-bond acceptors (Lipinski definition) is 7. The summed E-state index contributed by atoms with van der Waals surface area (Å²) < 4.78 is 13.3. The van der Waals surface area contributed by atoms with Gasteiger partial charge in [0.2, 0.25) is 5.91 Å². The number of carbonyl (C=O) groups is 1. The van der Waals surface area contributed by atoms with E-state index in [0.717, 1.165) is 57.3 Å². The molecule has 2 aliphatic rings. The normalized spacial score (nSPS) is 16.5. The zero-order valence-corrected chi connectivity index (χ0v) is 19.3. The summed E-state index contributed by atoms with van der Waals surface area (Å²) in [5.74, 6) is 3.46. The highest BCUT2D eigenvalue weighted by molar-refractivity contribution is 5.76. The molecular formula is C24H32N6O3. The van der Waals surface area contributed by atoms with Gasteiger partial charge in [-0.05, 0) is 31.4 Å². The fraction of sp³-hybridized carbons (Fsp3) is 0.583. The van der Waals surface area contributed by atoms with Crippen LogP contribution in [0.5, 0.6) is 11.5 Å². The molecule has 2 aromatic rings. The van der Waals surface area contributed by atoms with E-state index in [1.54, 1.807) is 25.3 Å². The molecule has 1 amide bonds. The second kappa shape index (κ2) is 11.1. The third-order valence-corrected chi connectivity index (χ3v) is 6.36. The maximum Gasteiger partial charge on any atom is 0.222 e. The van der Waals surface area contributed by atoms with Crippen molar-refractivity contribution < 1.29 is 14.3 Å². The minimum Gasteiger partial charge on any atom is -0.493 e. The Bertz CT molecular complexity index is 991. The van der Waals surface area contributed by atoms with Crippen molar-refractivity contribution in [2.24, 2.45) is 0 Å². The Kier molecular flexibility index (Phi) is 7.79. The number of hydrogen-bond donors (Lipinski definition) is 0. The number of aromatic nitrogens is 3. The highest BCUT2D eigenvalue weighted by Gasteiger charge is 2.23. The molecule has 1 saturated heterocycles. The van der Waals surface area contributed by atoms with Crippen LogP contribution in [0.1, 0.15) is 49.3 Å². The van der Waals surface area contributed by atoms with Gasteiger partial charge < -0.3 is 18.9 Å². The number of piperazine rings is 1. The molecule has 4 rings (SSSR count).